The van der Waals surface area contributed by atoms with Crippen molar-refractivity contribution in [3.63, 3.8) is 0 Å². The summed E-state index contributed by atoms with van der Waals surface area (Å²) >= 11 is 0. The summed E-state index contributed by atoms with van der Waals surface area (Å²) in [4.78, 5) is 13.7. The summed E-state index contributed by atoms with van der Waals surface area (Å²) in [7, 11) is 3.36. The first-order valence-electron chi connectivity index (χ1n) is 6.22. The lowest BCUT2D eigenvalue weighted by Gasteiger charge is -2.23. The average molecular weight is 273 g/mol. The van der Waals surface area contributed by atoms with Crippen molar-refractivity contribution in [2.24, 2.45) is 0 Å². The Kier molecular flexibility index (Phi) is 4.03. The van der Waals surface area contributed by atoms with Gasteiger partial charge in [0.2, 0.25) is 0 Å². The number of anilines is 2. The lowest BCUT2D eigenvalue weighted by atomic mass is 10.1. The van der Waals surface area contributed by atoms with E-state index < -0.39 is 0 Å². The van der Waals surface area contributed by atoms with Gasteiger partial charge < -0.3 is 9.64 Å². The molecule has 0 aliphatic rings. The number of carbonyl (C=O) groups excluding carboxylic acids is 1. The molecule has 0 radical (unpaired) electrons. The predicted molar refractivity (Wildman–Crippen MR) is 77.5 cm³/mol. The van der Waals surface area contributed by atoms with Crippen LogP contribution in [0.1, 0.15) is 17.3 Å². The number of ether oxygens (including phenoxy) is 1. The Bertz CT molecular complexity index is 623. The zero-order chi connectivity index (χ0) is 14.7. The first kappa shape index (κ1) is 14.1. The highest BCUT2D eigenvalue weighted by atomic mass is 19.1. The Labute approximate surface area is 117 Å². The van der Waals surface area contributed by atoms with E-state index in [0.29, 0.717) is 11.3 Å². The highest BCUT2D eigenvalue weighted by Crippen LogP contribution is 2.33. The van der Waals surface area contributed by atoms with Crippen molar-refractivity contribution in [1.82, 2.24) is 0 Å². The molecule has 4 heteroatoms. The molecule has 104 valence electrons. The van der Waals surface area contributed by atoms with Crippen molar-refractivity contribution >= 4 is 17.2 Å². The van der Waals surface area contributed by atoms with Gasteiger partial charge in [-0.15, -0.1) is 0 Å². The molecule has 0 amide bonds. The van der Waals surface area contributed by atoms with E-state index >= 15 is 0 Å². The van der Waals surface area contributed by atoms with Crippen molar-refractivity contribution < 1.29 is 13.9 Å². The maximum Gasteiger partial charge on any atom is 0.165 e. The van der Waals surface area contributed by atoms with Crippen LogP contribution in [0.25, 0.3) is 0 Å². The number of hydrogen-bond acceptors (Lipinski definition) is 3. The summed E-state index contributed by atoms with van der Waals surface area (Å²) < 4.78 is 18.2. The van der Waals surface area contributed by atoms with Crippen LogP contribution >= 0.6 is 0 Å². The number of Topliss-reactive ketones (excluding diaryl/α,β-unsaturated/α-hetero) is 1. The molecule has 0 bridgehead atoms. The topological polar surface area (TPSA) is 29.5 Å². The molecule has 0 aliphatic heterocycles. The molecular weight excluding hydrogens is 257 g/mol. The molecule has 20 heavy (non-hydrogen) atoms. The van der Waals surface area contributed by atoms with Gasteiger partial charge in [-0.25, -0.2) is 4.39 Å². The van der Waals surface area contributed by atoms with E-state index in [1.54, 1.807) is 18.2 Å². The summed E-state index contributed by atoms with van der Waals surface area (Å²) in [5, 5.41) is 0. The van der Waals surface area contributed by atoms with E-state index in [1.807, 2.05) is 24.1 Å². The van der Waals surface area contributed by atoms with Crippen LogP contribution in [0.4, 0.5) is 15.8 Å². The Balaban J connectivity index is 2.51. The number of methoxy groups -OCH3 is 1. The van der Waals surface area contributed by atoms with E-state index in [1.165, 1.54) is 26.2 Å². The lowest BCUT2D eigenvalue weighted by Crippen LogP contribution is -2.14. The fourth-order valence-corrected chi connectivity index (χ4v) is 2.13. The molecule has 0 spiro atoms. The van der Waals surface area contributed by atoms with Crippen molar-refractivity contribution in [3.05, 3.63) is 53.8 Å². The first-order valence-corrected chi connectivity index (χ1v) is 6.22. The maximum atomic E-state index is 13.0. The van der Waals surface area contributed by atoms with Crippen LogP contribution in [-0.4, -0.2) is 19.9 Å². The fraction of sp³-hybridized carbons (Fsp3) is 0.188. The van der Waals surface area contributed by atoms with E-state index in [9.17, 15) is 9.18 Å². The lowest BCUT2D eigenvalue weighted by molar-refractivity contribution is 0.101. The number of nitrogens with zero attached hydrogens (tertiary/aromatic N) is 1. The molecule has 3 nitrogen and oxygen atoms in total. The van der Waals surface area contributed by atoms with Crippen molar-refractivity contribution in [1.29, 1.82) is 0 Å². The molecule has 0 aromatic heterocycles. The smallest absolute Gasteiger partial charge is 0.165 e. The quantitative estimate of drug-likeness (QED) is 0.793. The molecule has 0 unspecified atom stereocenters. The van der Waals surface area contributed by atoms with Crippen molar-refractivity contribution in [2.45, 2.75) is 6.92 Å². The summed E-state index contributed by atoms with van der Waals surface area (Å²) in [6.45, 7) is 1.50. The fourth-order valence-electron chi connectivity index (χ4n) is 2.13. The minimum atomic E-state index is -0.292. The Morgan fingerprint density at radius 2 is 1.80 bits per heavy atom. The molecule has 0 saturated heterocycles. The van der Waals surface area contributed by atoms with Gasteiger partial charge in [-0.2, -0.15) is 0 Å². The van der Waals surface area contributed by atoms with Crippen LogP contribution in [0.2, 0.25) is 0 Å². The largest absolute Gasteiger partial charge is 0.496 e. The van der Waals surface area contributed by atoms with E-state index in [4.69, 9.17) is 4.74 Å². The number of ketones is 1. The summed E-state index contributed by atoms with van der Waals surface area (Å²) in [6.07, 6.45) is 0. The van der Waals surface area contributed by atoms with Crippen LogP contribution in [0.5, 0.6) is 5.75 Å². The Morgan fingerprint density at radius 3 is 2.35 bits per heavy atom. The molecule has 0 atom stereocenters. The van der Waals surface area contributed by atoms with Crippen LogP contribution in [0, 0.1) is 5.82 Å². The molecule has 0 N–H and O–H groups in total. The van der Waals surface area contributed by atoms with Gasteiger partial charge in [-0.1, -0.05) is 6.07 Å². The van der Waals surface area contributed by atoms with Gasteiger partial charge in [0, 0.05) is 12.7 Å². The van der Waals surface area contributed by atoms with Crippen LogP contribution in [0.15, 0.2) is 42.5 Å². The highest BCUT2D eigenvalue weighted by molar-refractivity contribution is 6.03. The minimum absolute atomic E-state index is 0.0774. The number of carbonyl (C=O) groups is 1. The van der Waals surface area contributed by atoms with Crippen molar-refractivity contribution in [2.75, 3.05) is 19.1 Å². The zero-order valence-electron chi connectivity index (χ0n) is 11.7. The van der Waals surface area contributed by atoms with Crippen molar-refractivity contribution in [3.8, 4) is 5.75 Å². The van der Waals surface area contributed by atoms with Gasteiger partial charge >= 0.3 is 0 Å². The standard InChI is InChI=1S/C16H16FNO2/c1-11(19)16-14(5-4-6-15(16)20-3)18(2)13-9-7-12(17)8-10-13/h4-10H,1-3H3. The second-order valence-electron chi connectivity index (χ2n) is 4.45. The molecule has 0 saturated carbocycles. The van der Waals surface area contributed by atoms with Gasteiger partial charge in [0.1, 0.15) is 11.6 Å². The van der Waals surface area contributed by atoms with Gasteiger partial charge in [-0.05, 0) is 43.3 Å². The molecule has 2 rings (SSSR count). The normalized spacial score (nSPS) is 10.2. The Morgan fingerprint density at radius 1 is 1.15 bits per heavy atom. The SMILES string of the molecule is COc1cccc(N(C)c2ccc(F)cc2)c1C(C)=O. The molecule has 0 heterocycles. The minimum Gasteiger partial charge on any atom is -0.496 e. The summed E-state index contributed by atoms with van der Waals surface area (Å²) in [5.41, 5.74) is 2.03. The van der Waals surface area contributed by atoms with E-state index in [2.05, 4.69) is 0 Å². The van der Waals surface area contributed by atoms with Gasteiger partial charge in [-0.3, -0.25) is 4.79 Å². The monoisotopic (exact) mass is 273 g/mol. The number of hydrogen-bond donors (Lipinski definition) is 0. The Hall–Kier alpha value is -2.36. The molecule has 2 aromatic rings. The second-order valence-corrected chi connectivity index (χ2v) is 4.45. The maximum absolute atomic E-state index is 13.0. The molecule has 0 fully saturated rings. The first-order chi connectivity index (χ1) is 9.54. The zero-order valence-corrected chi connectivity index (χ0v) is 11.7. The highest BCUT2D eigenvalue weighted by Gasteiger charge is 2.17. The third-order valence-corrected chi connectivity index (χ3v) is 3.15. The summed E-state index contributed by atoms with van der Waals surface area (Å²) in [6, 6.07) is 11.5. The van der Waals surface area contributed by atoms with E-state index in [0.717, 1.165) is 11.4 Å². The van der Waals surface area contributed by atoms with E-state index in [-0.39, 0.29) is 11.6 Å². The number of rotatable bonds is 4. The second kappa shape index (κ2) is 5.74. The number of halogens is 1. The van der Waals surface area contributed by atoms with Crippen LogP contribution in [0.3, 0.4) is 0 Å². The van der Waals surface area contributed by atoms with Crippen LogP contribution < -0.4 is 9.64 Å². The third-order valence-electron chi connectivity index (χ3n) is 3.15. The molecule has 0 aliphatic carbocycles. The van der Waals surface area contributed by atoms with Crippen LogP contribution in [-0.2, 0) is 0 Å². The van der Waals surface area contributed by atoms with Gasteiger partial charge in [0.15, 0.2) is 5.78 Å². The molecule has 2 aromatic carbocycles. The van der Waals surface area contributed by atoms with Gasteiger partial charge in [0.25, 0.3) is 0 Å². The number of benzene rings is 2. The summed E-state index contributed by atoms with van der Waals surface area (Å²) in [5.74, 6) is 0.162. The third kappa shape index (κ3) is 2.64. The van der Waals surface area contributed by atoms with Gasteiger partial charge in [0.05, 0.1) is 18.4 Å². The molecular formula is C16H16FNO2. The average Bonchev–Trinajstić information content (AvgIpc) is 2.46. The predicted octanol–water partition coefficient (Wildman–Crippen LogP) is 3.80.